The lowest BCUT2D eigenvalue weighted by Crippen LogP contribution is -2.65. The lowest BCUT2D eigenvalue weighted by Gasteiger charge is -2.51. The molecule has 0 radical (unpaired) electrons. The molecule has 1 atom stereocenters. The summed E-state index contributed by atoms with van der Waals surface area (Å²) in [5.74, 6) is -4.97. The monoisotopic (exact) mass is 481 g/mol. The predicted molar refractivity (Wildman–Crippen MR) is 108 cm³/mol. The van der Waals surface area contributed by atoms with Crippen LogP contribution in [0.25, 0.3) is 0 Å². The van der Waals surface area contributed by atoms with Crippen molar-refractivity contribution < 1.29 is 26.7 Å². The summed E-state index contributed by atoms with van der Waals surface area (Å²) < 4.78 is 72.2. The Morgan fingerprint density at radius 2 is 2.03 bits per heavy atom. The number of hydrogen-bond acceptors (Lipinski definition) is 5. The lowest BCUT2D eigenvalue weighted by molar-refractivity contribution is -0.148. The van der Waals surface area contributed by atoms with Gasteiger partial charge < -0.3 is 10.3 Å². The summed E-state index contributed by atoms with van der Waals surface area (Å²) in [5.41, 5.74) is 2.98. The maximum Gasteiger partial charge on any atom is 0.283 e. The lowest BCUT2D eigenvalue weighted by atomic mass is 9.69. The largest absolute Gasteiger partial charge is 0.364 e. The van der Waals surface area contributed by atoms with Crippen LogP contribution >= 0.6 is 0 Å². The number of hydrogen-bond donors (Lipinski definition) is 3. The number of aromatic nitrogens is 5. The Hall–Kier alpha value is -3.35. The van der Waals surface area contributed by atoms with Crippen LogP contribution in [0.1, 0.15) is 58.0 Å². The summed E-state index contributed by atoms with van der Waals surface area (Å²) in [6.45, 7) is 1.58. The molecule has 8 nitrogen and oxygen atoms in total. The van der Waals surface area contributed by atoms with Crippen LogP contribution in [-0.4, -0.2) is 36.8 Å². The molecular formula is C21H20F5N7O. The number of nitrogens with two attached hydrogens (primary N) is 1. The number of aromatic amines is 1. The maximum absolute atomic E-state index is 15.4. The minimum atomic E-state index is -3.18. The number of carbonyl (C=O) groups excluding carboxylic acids is 1. The van der Waals surface area contributed by atoms with Crippen molar-refractivity contribution >= 4 is 5.91 Å². The zero-order valence-electron chi connectivity index (χ0n) is 17.9. The molecule has 0 bridgehead atoms. The van der Waals surface area contributed by atoms with Gasteiger partial charge in [-0.1, -0.05) is 0 Å². The number of amides is 1. The molecule has 2 aliphatic rings. The standard InChI is InChI=1S/C21H20F5N7O/c1-10-4-11-5-19(9-33(11)16(10)18(27)34,12-2-3-28-15(14(12)22)17(23)24)31-20(7-21(25,26)8-20)13-6-29-32-30-13/h2-4,6,17,31H,5,7-9H2,1H3,(H2,27,34)(H,29,30,32). The second kappa shape index (κ2) is 7.32. The highest BCUT2D eigenvalue weighted by Gasteiger charge is 2.62. The molecule has 5 rings (SSSR count). The molecule has 1 unspecified atom stereocenters. The summed E-state index contributed by atoms with van der Waals surface area (Å²) in [6.07, 6.45) is -2.13. The fourth-order valence-corrected chi connectivity index (χ4v) is 5.41. The van der Waals surface area contributed by atoms with E-state index >= 15 is 4.39 Å². The highest BCUT2D eigenvalue weighted by molar-refractivity contribution is 5.93. The number of primary amides is 1. The molecule has 1 saturated carbocycles. The summed E-state index contributed by atoms with van der Waals surface area (Å²) in [4.78, 5) is 15.6. The Balaban J connectivity index is 1.67. The van der Waals surface area contributed by atoms with Gasteiger partial charge in [-0.25, -0.2) is 22.0 Å². The van der Waals surface area contributed by atoms with Crippen molar-refractivity contribution in [3.8, 4) is 0 Å². The van der Waals surface area contributed by atoms with E-state index in [0.717, 1.165) is 6.20 Å². The summed E-state index contributed by atoms with van der Waals surface area (Å²) in [6, 6.07) is 2.93. The zero-order valence-corrected chi connectivity index (χ0v) is 17.9. The average Bonchev–Trinajstić information content (AvgIpc) is 3.41. The molecule has 1 aliphatic carbocycles. The van der Waals surface area contributed by atoms with Gasteiger partial charge >= 0.3 is 0 Å². The third-order valence-corrected chi connectivity index (χ3v) is 6.66. The minimum absolute atomic E-state index is 0.0237. The molecule has 0 aromatic carbocycles. The second-order valence-corrected chi connectivity index (χ2v) is 9.01. The number of pyridine rings is 1. The smallest absolute Gasteiger partial charge is 0.283 e. The van der Waals surface area contributed by atoms with E-state index < -0.39 is 53.7 Å². The normalized spacial score (nSPS) is 22.6. The van der Waals surface area contributed by atoms with Gasteiger partial charge in [0, 0.05) is 43.3 Å². The van der Waals surface area contributed by atoms with Crippen LogP contribution < -0.4 is 11.1 Å². The second-order valence-electron chi connectivity index (χ2n) is 9.01. The van der Waals surface area contributed by atoms with Gasteiger partial charge in [0.15, 0.2) is 5.82 Å². The number of H-pyrrole nitrogens is 1. The van der Waals surface area contributed by atoms with E-state index in [9.17, 15) is 22.4 Å². The number of fused-ring (bicyclic) bond motifs is 1. The van der Waals surface area contributed by atoms with Crippen molar-refractivity contribution in [2.75, 3.05) is 0 Å². The van der Waals surface area contributed by atoms with E-state index in [-0.39, 0.29) is 29.9 Å². The number of nitrogens with one attached hydrogen (secondary N) is 2. The van der Waals surface area contributed by atoms with Crippen molar-refractivity contribution in [3.63, 3.8) is 0 Å². The van der Waals surface area contributed by atoms with Gasteiger partial charge in [0.2, 0.25) is 0 Å². The van der Waals surface area contributed by atoms with Crippen LogP contribution in [0.4, 0.5) is 22.0 Å². The van der Waals surface area contributed by atoms with Gasteiger partial charge in [0.1, 0.15) is 17.1 Å². The van der Waals surface area contributed by atoms with Crippen LogP contribution in [-0.2, 0) is 24.0 Å². The number of alkyl halides is 4. The Morgan fingerprint density at radius 1 is 1.29 bits per heavy atom. The molecule has 3 aromatic heterocycles. The maximum atomic E-state index is 15.4. The molecular weight excluding hydrogens is 461 g/mol. The van der Waals surface area contributed by atoms with Crippen molar-refractivity contribution in [2.24, 2.45) is 5.73 Å². The zero-order chi connectivity index (χ0) is 24.5. The van der Waals surface area contributed by atoms with Gasteiger partial charge in [-0.2, -0.15) is 15.4 Å². The molecule has 1 fully saturated rings. The first-order valence-electron chi connectivity index (χ1n) is 10.4. The Morgan fingerprint density at radius 3 is 2.62 bits per heavy atom. The van der Waals surface area contributed by atoms with Crippen molar-refractivity contribution in [3.05, 3.63) is 64.2 Å². The number of carbonyl (C=O) groups is 1. The van der Waals surface area contributed by atoms with E-state index in [0.29, 0.717) is 11.3 Å². The molecule has 4 N–H and O–H groups in total. The molecule has 13 heteroatoms. The third-order valence-electron chi connectivity index (χ3n) is 6.66. The van der Waals surface area contributed by atoms with E-state index in [4.69, 9.17) is 5.73 Å². The van der Waals surface area contributed by atoms with Crippen molar-refractivity contribution in [1.29, 1.82) is 0 Å². The summed E-state index contributed by atoms with van der Waals surface area (Å²) in [5, 5.41) is 13.2. The van der Waals surface area contributed by atoms with Crippen LogP contribution in [0.15, 0.2) is 24.5 Å². The molecule has 0 saturated heterocycles. The van der Waals surface area contributed by atoms with Crippen LogP contribution in [0.5, 0.6) is 0 Å². The number of nitrogens with zero attached hydrogens (tertiary/aromatic N) is 4. The summed E-state index contributed by atoms with van der Waals surface area (Å²) >= 11 is 0. The van der Waals surface area contributed by atoms with Gasteiger partial charge in [-0.05, 0) is 24.6 Å². The molecule has 1 aliphatic heterocycles. The first-order chi connectivity index (χ1) is 16.0. The van der Waals surface area contributed by atoms with Gasteiger partial charge in [0.05, 0.1) is 17.3 Å². The van der Waals surface area contributed by atoms with E-state index in [1.807, 2.05) is 0 Å². The molecule has 34 heavy (non-hydrogen) atoms. The van der Waals surface area contributed by atoms with Crippen molar-refractivity contribution in [2.45, 2.75) is 56.2 Å². The van der Waals surface area contributed by atoms with Crippen LogP contribution in [0.3, 0.4) is 0 Å². The summed E-state index contributed by atoms with van der Waals surface area (Å²) in [7, 11) is 0. The van der Waals surface area contributed by atoms with Crippen LogP contribution in [0, 0.1) is 12.7 Å². The first kappa shape index (κ1) is 22.4. The number of halogens is 5. The number of aryl methyl sites for hydroxylation is 1. The van der Waals surface area contributed by atoms with E-state index in [1.54, 1.807) is 17.6 Å². The Kier molecular flexibility index (Phi) is 4.83. The van der Waals surface area contributed by atoms with E-state index in [2.05, 4.69) is 25.7 Å². The number of rotatable bonds is 6. The molecule has 0 spiro atoms. The van der Waals surface area contributed by atoms with Gasteiger partial charge in [-0.15, -0.1) is 0 Å². The average molecular weight is 481 g/mol. The molecule has 3 aromatic rings. The fourth-order valence-electron chi connectivity index (χ4n) is 5.41. The first-order valence-corrected chi connectivity index (χ1v) is 10.4. The highest BCUT2D eigenvalue weighted by Crippen LogP contribution is 2.54. The quantitative estimate of drug-likeness (QED) is 0.469. The van der Waals surface area contributed by atoms with E-state index in [1.165, 1.54) is 12.3 Å². The third kappa shape index (κ3) is 3.29. The molecule has 1 amide bonds. The Labute approximate surface area is 189 Å². The van der Waals surface area contributed by atoms with Gasteiger partial charge in [0.25, 0.3) is 18.3 Å². The van der Waals surface area contributed by atoms with Gasteiger partial charge in [-0.3, -0.25) is 15.1 Å². The Bertz CT molecular complexity index is 1260. The topological polar surface area (TPSA) is 115 Å². The fraction of sp³-hybridized carbons (Fsp3) is 0.429. The molecule has 4 heterocycles. The SMILES string of the molecule is Cc1cc2n(c1C(N)=O)CC(NC1(c3cn[nH]n3)CC(F)(F)C1)(c1ccnc(C(F)F)c1F)C2. The van der Waals surface area contributed by atoms with Crippen LogP contribution in [0.2, 0.25) is 0 Å². The molecule has 180 valence electrons. The highest BCUT2D eigenvalue weighted by atomic mass is 19.3. The minimum Gasteiger partial charge on any atom is -0.364 e. The predicted octanol–water partition coefficient (Wildman–Crippen LogP) is 2.85. The van der Waals surface area contributed by atoms with Crippen molar-refractivity contribution in [1.82, 2.24) is 30.3 Å².